The molecule has 1 atom stereocenters. The minimum absolute atomic E-state index is 0.782. The Balaban J connectivity index is 2.31. The van der Waals surface area contributed by atoms with Crippen LogP contribution < -0.4 is 5.32 Å². The van der Waals surface area contributed by atoms with Crippen molar-refractivity contribution in [2.24, 2.45) is 0 Å². The van der Waals surface area contributed by atoms with E-state index in [1.807, 2.05) is 49.4 Å². The molecule has 0 fully saturated rings. The highest BCUT2D eigenvalue weighted by Gasteiger charge is 2.32. The zero-order valence-electron chi connectivity index (χ0n) is 9.59. The second-order valence-corrected chi connectivity index (χ2v) is 3.92. The van der Waals surface area contributed by atoms with Crippen molar-refractivity contribution in [3.8, 4) is 0 Å². The lowest BCUT2D eigenvalue weighted by Crippen LogP contribution is -2.27. The number of aromatic nitrogens is 1. The molecule has 0 saturated heterocycles. The summed E-state index contributed by atoms with van der Waals surface area (Å²) in [5.74, 6) is 0. The van der Waals surface area contributed by atoms with E-state index in [0.717, 1.165) is 11.3 Å². The zero-order valence-corrected chi connectivity index (χ0v) is 9.59. The summed E-state index contributed by atoms with van der Waals surface area (Å²) >= 11 is 0. The molecular weight excluding hydrogens is 210 g/mol. The van der Waals surface area contributed by atoms with Gasteiger partial charge >= 0.3 is 5.66 Å². The number of pyridine rings is 1. The Kier molecular flexibility index (Phi) is 3.06. The molecule has 0 bridgehead atoms. The van der Waals surface area contributed by atoms with Gasteiger partial charge in [-0.3, -0.25) is 9.83 Å². The average molecular weight is 223 g/mol. The Morgan fingerprint density at radius 1 is 1.18 bits per heavy atom. The Morgan fingerprint density at radius 2 is 1.94 bits per heavy atom. The molecule has 1 N–H and O–H groups in total. The highest BCUT2D eigenvalue weighted by Crippen LogP contribution is 2.26. The molecule has 1 unspecified atom stereocenters. The predicted molar refractivity (Wildman–Crippen MR) is 68.3 cm³/mol. The van der Waals surface area contributed by atoms with E-state index in [-0.39, 0.29) is 0 Å². The second kappa shape index (κ2) is 4.67. The van der Waals surface area contributed by atoms with Crippen LogP contribution in [0.4, 0.5) is 5.69 Å². The Hall–Kier alpha value is -2.34. The zero-order chi connectivity index (χ0) is 12.1. The van der Waals surface area contributed by atoms with Gasteiger partial charge in [-0.15, -0.1) is 0 Å². The first-order valence-corrected chi connectivity index (χ1v) is 5.37. The Labute approximate surface area is 101 Å². The van der Waals surface area contributed by atoms with Crippen molar-refractivity contribution in [1.29, 1.82) is 0 Å². The van der Waals surface area contributed by atoms with Crippen LogP contribution in [0.5, 0.6) is 0 Å². The van der Waals surface area contributed by atoms with E-state index in [4.69, 9.17) is 6.57 Å². The standard InChI is InChI=1S/C14H13N3/c1-14(15-2,12-7-6-10-16-11-12)17-13-8-4-3-5-9-13/h3-11,17H,1H3. The fourth-order valence-electron chi connectivity index (χ4n) is 1.62. The largest absolute Gasteiger partial charge is 0.330 e. The van der Waals surface area contributed by atoms with Crippen LogP contribution in [0.2, 0.25) is 0 Å². The lowest BCUT2D eigenvalue weighted by atomic mass is 10.0. The lowest BCUT2D eigenvalue weighted by molar-refractivity contribution is 0.680. The molecule has 1 heterocycles. The molecule has 0 aliphatic carbocycles. The van der Waals surface area contributed by atoms with Gasteiger partial charge in [0.05, 0.1) is 5.56 Å². The molecule has 0 radical (unpaired) electrons. The van der Waals surface area contributed by atoms with Crippen molar-refractivity contribution in [2.45, 2.75) is 12.6 Å². The third-order valence-corrected chi connectivity index (χ3v) is 2.61. The molecule has 1 aromatic heterocycles. The second-order valence-electron chi connectivity index (χ2n) is 3.92. The van der Waals surface area contributed by atoms with Crippen LogP contribution in [0.3, 0.4) is 0 Å². The monoisotopic (exact) mass is 223 g/mol. The molecule has 2 aromatic rings. The van der Waals surface area contributed by atoms with Gasteiger partial charge in [-0.1, -0.05) is 18.2 Å². The molecule has 0 aliphatic heterocycles. The fourth-order valence-corrected chi connectivity index (χ4v) is 1.62. The van der Waals surface area contributed by atoms with Crippen LogP contribution in [0, 0.1) is 6.57 Å². The van der Waals surface area contributed by atoms with Crippen LogP contribution in [0.25, 0.3) is 4.85 Å². The maximum Gasteiger partial charge on any atom is 0.330 e. The van der Waals surface area contributed by atoms with E-state index in [1.54, 1.807) is 12.4 Å². The molecule has 84 valence electrons. The van der Waals surface area contributed by atoms with Crippen molar-refractivity contribution < 1.29 is 0 Å². The smallest absolute Gasteiger partial charge is 0.311 e. The summed E-state index contributed by atoms with van der Waals surface area (Å²) in [5, 5.41) is 3.23. The van der Waals surface area contributed by atoms with Gasteiger partial charge in [0.1, 0.15) is 0 Å². The van der Waals surface area contributed by atoms with Gasteiger partial charge in [0, 0.05) is 25.0 Å². The van der Waals surface area contributed by atoms with Gasteiger partial charge in [-0.25, -0.2) is 6.57 Å². The lowest BCUT2D eigenvalue weighted by Gasteiger charge is -2.19. The molecular formula is C14H13N3. The summed E-state index contributed by atoms with van der Waals surface area (Å²) in [6, 6.07) is 13.5. The van der Waals surface area contributed by atoms with Gasteiger partial charge in [0.15, 0.2) is 0 Å². The van der Waals surface area contributed by atoms with Gasteiger partial charge < -0.3 is 5.32 Å². The average Bonchev–Trinajstić information content (AvgIpc) is 2.41. The summed E-state index contributed by atoms with van der Waals surface area (Å²) in [4.78, 5) is 7.74. The molecule has 0 amide bonds. The van der Waals surface area contributed by atoms with Gasteiger partial charge in [0.25, 0.3) is 0 Å². The fraction of sp³-hybridized carbons (Fsp3) is 0.143. The van der Waals surface area contributed by atoms with Crippen molar-refractivity contribution in [3.05, 3.63) is 71.8 Å². The van der Waals surface area contributed by atoms with Crippen molar-refractivity contribution >= 4 is 5.69 Å². The van der Waals surface area contributed by atoms with Crippen LogP contribution in [0.15, 0.2) is 54.9 Å². The molecule has 2 rings (SSSR count). The number of rotatable bonds is 3. The van der Waals surface area contributed by atoms with E-state index in [2.05, 4.69) is 15.1 Å². The molecule has 17 heavy (non-hydrogen) atoms. The first kappa shape index (κ1) is 11.2. The van der Waals surface area contributed by atoms with Crippen LogP contribution >= 0.6 is 0 Å². The van der Waals surface area contributed by atoms with Crippen LogP contribution in [-0.4, -0.2) is 4.98 Å². The first-order valence-electron chi connectivity index (χ1n) is 5.37. The molecule has 0 aliphatic rings. The van der Waals surface area contributed by atoms with Gasteiger partial charge in [-0.05, 0) is 24.3 Å². The summed E-state index contributed by atoms with van der Waals surface area (Å²) in [7, 11) is 0. The maximum atomic E-state index is 7.38. The van der Waals surface area contributed by atoms with E-state index in [1.165, 1.54) is 0 Å². The molecule has 1 aromatic carbocycles. The van der Waals surface area contributed by atoms with Gasteiger partial charge in [-0.2, -0.15) is 0 Å². The minimum atomic E-state index is -0.782. The Bertz CT molecular complexity index is 516. The number of hydrogen-bond acceptors (Lipinski definition) is 2. The number of anilines is 1. The first-order chi connectivity index (χ1) is 8.24. The normalized spacial score (nSPS) is 13.4. The molecule has 3 nitrogen and oxygen atoms in total. The van der Waals surface area contributed by atoms with Crippen molar-refractivity contribution in [2.75, 3.05) is 5.32 Å². The topological polar surface area (TPSA) is 29.3 Å². The van der Waals surface area contributed by atoms with E-state index in [9.17, 15) is 0 Å². The SMILES string of the molecule is [C-]#[N+]C(C)(Nc1ccccc1)c1cccnc1. The van der Waals surface area contributed by atoms with E-state index >= 15 is 0 Å². The number of hydrogen-bond donors (Lipinski definition) is 1. The number of nitrogens with one attached hydrogen (secondary N) is 1. The summed E-state index contributed by atoms with van der Waals surface area (Å²) in [6.45, 7) is 9.23. The molecule has 3 heteroatoms. The third kappa shape index (κ3) is 2.43. The third-order valence-electron chi connectivity index (χ3n) is 2.61. The van der Waals surface area contributed by atoms with Crippen molar-refractivity contribution in [1.82, 2.24) is 4.98 Å². The molecule has 0 spiro atoms. The van der Waals surface area contributed by atoms with Crippen LogP contribution in [0.1, 0.15) is 12.5 Å². The predicted octanol–water partition coefficient (Wildman–Crippen LogP) is 3.29. The van der Waals surface area contributed by atoms with Gasteiger partial charge in [0.2, 0.25) is 0 Å². The van der Waals surface area contributed by atoms with E-state index < -0.39 is 5.66 Å². The highest BCUT2D eigenvalue weighted by molar-refractivity contribution is 5.48. The minimum Gasteiger partial charge on any atom is -0.311 e. The number of para-hydroxylation sites is 1. The summed E-state index contributed by atoms with van der Waals surface area (Å²) in [5.41, 5.74) is 1.00. The quantitative estimate of drug-likeness (QED) is 0.809. The highest BCUT2D eigenvalue weighted by atomic mass is 15.1. The Morgan fingerprint density at radius 3 is 2.53 bits per heavy atom. The summed E-state index contributed by atoms with van der Waals surface area (Å²) in [6.07, 6.45) is 3.42. The number of benzene rings is 1. The van der Waals surface area contributed by atoms with Crippen LogP contribution in [-0.2, 0) is 5.66 Å². The number of nitrogens with zero attached hydrogens (tertiary/aromatic N) is 2. The maximum absolute atomic E-state index is 7.38. The molecule has 0 saturated carbocycles. The van der Waals surface area contributed by atoms with E-state index in [0.29, 0.717) is 0 Å². The summed E-state index contributed by atoms with van der Waals surface area (Å²) < 4.78 is 0. The van der Waals surface area contributed by atoms with Crippen molar-refractivity contribution in [3.63, 3.8) is 0 Å².